The smallest absolute Gasteiger partial charge is 0.243 e. The van der Waals surface area contributed by atoms with Crippen LogP contribution in [0.5, 0.6) is 0 Å². The number of likely N-dealkylation sites (tertiary alicyclic amines) is 1. The maximum absolute atomic E-state index is 13.6. The Labute approximate surface area is 174 Å². The molecule has 0 aromatic heterocycles. The lowest BCUT2D eigenvalue weighted by Gasteiger charge is -2.34. The van der Waals surface area contributed by atoms with Crippen molar-refractivity contribution in [2.24, 2.45) is 29.6 Å². The minimum Gasteiger partial charge on any atom is -0.394 e. The fraction of sp³-hybridized carbons (Fsp3) is 0.773. The molecule has 1 fully saturated rings. The van der Waals surface area contributed by atoms with E-state index in [-0.39, 0.29) is 48.1 Å². The first-order valence-corrected chi connectivity index (χ1v) is 10.8. The number of carbonyl (C=O) groups is 3. The van der Waals surface area contributed by atoms with Gasteiger partial charge in [0.1, 0.15) is 6.04 Å². The zero-order chi connectivity index (χ0) is 21.9. The van der Waals surface area contributed by atoms with E-state index in [2.05, 4.69) is 10.6 Å². The van der Waals surface area contributed by atoms with E-state index in [1.54, 1.807) is 11.9 Å². The van der Waals surface area contributed by atoms with Gasteiger partial charge in [-0.3, -0.25) is 14.4 Å². The van der Waals surface area contributed by atoms with Gasteiger partial charge in [0.15, 0.2) is 0 Å². The topological polar surface area (TPSA) is 98.7 Å². The molecule has 6 atom stereocenters. The Morgan fingerprint density at radius 2 is 1.83 bits per heavy atom. The van der Waals surface area contributed by atoms with Crippen molar-refractivity contribution in [2.45, 2.75) is 65.6 Å². The standard InChI is InChI=1S/C22H37N3O4/c1-7-14-8-9-16-18(17(14)20(27)23-6)22(29)25(15(11-26)10-12(2)3)19(16)21(28)24-13(4)5/h8-9,12-19,26H,7,10-11H2,1-6H3,(H,23,27)(H,24,28)/t14-,15-,16+,17-,18+,19+/m1/s1. The lowest BCUT2D eigenvalue weighted by Crippen LogP contribution is -2.53. The summed E-state index contributed by atoms with van der Waals surface area (Å²) >= 11 is 0. The maximum atomic E-state index is 13.6. The highest BCUT2D eigenvalue weighted by Crippen LogP contribution is 2.46. The summed E-state index contributed by atoms with van der Waals surface area (Å²) in [6.45, 7) is 9.61. The molecule has 0 unspecified atom stereocenters. The number of allylic oxidation sites excluding steroid dienone is 1. The second kappa shape index (κ2) is 9.74. The summed E-state index contributed by atoms with van der Waals surface area (Å²) in [5, 5.41) is 15.7. The van der Waals surface area contributed by atoms with E-state index in [1.165, 1.54) is 0 Å². The van der Waals surface area contributed by atoms with Crippen molar-refractivity contribution in [2.75, 3.05) is 13.7 Å². The van der Waals surface area contributed by atoms with E-state index in [0.717, 1.165) is 6.42 Å². The van der Waals surface area contributed by atoms with Gasteiger partial charge < -0.3 is 20.6 Å². The number of carbonyl (C=O) groups excluding carboxylic acids is 3. The Hall–Kier alpha value is -1.89. The fourth-order valence-corrected chi connectivity index (χ4v) is 4.94. The second-order valence-electron chi connectivity index (χ2n) is 9.02. The van der Waals surface area contributed by atoms with Gasteiger partial charge in [0.05, 0.1) is 24.5 Å². The lowest BCUT2D eigenvalue weighted by atomic mass is 9.69. The van der Waals surface area contributed by atoms with Gasteiger partial charge in [-0.2, -0.15) is 0 Å². The Balaban J connectivity index is 2.53. The average molecular weight is 408 g/mol. The fourth-order valence-electron chi connectivity index (χ4n) is 4.94. The first kappa shape index (κ1) is 23.4. The van der Waals surface area contributed by atoms with Crippen LogP contribution in [0.2, 0.25) is 0 Å². The number of amides is 3. The summed E-state index contributed by atoms with van der Waals surface area (Å²) in [5.41, 5.74) is 0. The van der Waals surface area contributed by atoms with Crippen molar-refractivity contribution in [3.63, 3.8) is 0 Å². The molecule has 164 valence electrons. The van der Waals surface area contributed by atoms with Gasteiger partial charge in [0, 0.05) is 19.0 Å². The van der Waals surface area contributed by atoms with Gasteiger partial charge in [-0.25, -0.2) is 0 Å². The first-order valence-electron chi connectivity index (χ1n) is 10.8. The highest BCUT2D eigenvalue weighted by atomic mass is 16.3. The van der Waals surface area contributed by atoms with E-state index in [1.807, 2.05) is 46.8 Å². The van der Waals surface area contributed by atoms with Gasteiger partial charge in [0.25, 0.3) is 0 Å². The molecule has 0 spiro atoms. The van der Waals surface area contributed by atoms with Gasteiger partial charge >= 0.3 is 0 Å². The molecule has 1 aliphatic heterocycles. The minimum absolute atomic E-state index is 0.0495. The quantitative estimate of drug-likeness (QED) is 0.529. The Kier molecular flexibility index (Phi) is 7.86. The number of nitrogens with zero attached hydrogens (tertiary/aromatic N) is 1. The molecule has 1 saturated heterocycles. The minimum atomic E-state index is -0.716. The molecule has 29 heavy (non-hydrogen) atoms. The number of aliphatic hydroxyl groups is 1. The molecule has 1 aliphatic carbocycles. The Morgan fingerprint density at radius 1 is 1.17 bits per heavy atom. The predicted octanol–water partition coefficient (Wildman–Crippen LogP) is 1.32. The molecule has 1 heterocycles. The molecule has 3 N–H and O–H groups in total. The van der Waals surface area contributed by atoms with Crippen molar-refractivity contribution < 1.29 is 19.5 Å². The van der Waals surface area contributed by atoms with Crippen LogP contribution >= 0.6 is 0 Å². The van der Waals surface area contributed by atoms with E-state index in [4.69, 9.17) is 0 Å². The van der Waals surface area contributed by atoms with Crippen LogP contribution in [0.4, 0.5) is 0 Å². The molecular formula is C22H37N3O4. The van der Waals surface area contributed by atoms with Crippen LogP contribution in [0.25, 0.3) is 0 Å². The molecule has 0 saturated carbocycles. The van der Waals surface area contributed by atoms with E-state index in [9.17, 15) is 19.5 Å². The van der Waals surface area contributed by atoms with Crippen LogP contribution in [-0.4, -0.2) is 59.5 Å². The summed E-state index contributed by atoms with van der Waals surface area (Å²) in [4.78, 5) is 41.1. The molecule has 0 radical (unpaired) electrons. The zero-order valence-electron chi connectivity index (χ0n) is 18.5. The molecule has 2 aliphatic rings. The second-order valence-corrected chi connectivity index (χ2v) is 9.02. The third kappa shape index (κ3) is 4.65. The first-order chi connectivity index (χ1) is 13.7. The highest BCUT2D eigenvalue weighted by Gasteiger charge is 2.58. The molecular weight excluding hydrogens is 370 g/mol. The van der Waals surface area contributed by atoms with Crippen molar-refractivity contribution in [1.29, 1.82) is 0 Å². The van der Waals surface area contributed by atoms with E-state index < -0.39 is 23.9 Å². The van der Waals surface area contributed by atoms with Crippen LogP contribution in [0.15, 0.2) is 12.2 Å². The monoisotopic (exact) mass is 407 g/mol. The molecule has 2 rings (SSSR count). The lowest BCUT2D eigenvalue weighted by molar-refractivity contribution is -0.143. The summed E-state index contributed by atoms with van der Waals surface area (Å²) in [7, 11) is 1.58. The maximum Gasteiger partial charge on any atom is 0.243 e. The van der Waals surface area contributed by atoms with Gasteiger partial charge in [0.2, 0.25) is 17.7 Å². The number of fused-ring (bicyclic) bond motifs is 1. The van der Waals surface area contributed by atoms with Gasteiger partial charge in [-0.05, 0) is 38.5 Å². The van der Waals surface area contributed by atoms with Crippen molar-refractivity contribution in [3.05, 3.63) is 12.2 Å². The van der Waals surface area contributed by atoms with Gasteiger partial charge in [-0.1, -0.05) is 32.9 Å². The van der Waals surface area contributed by atoms with Crippen LogP contribution in [-0.2, 0) is 14.4 Å². The molecule has 0 bridgehead atoms. The number of hydrogen-bond acceptors (Lipinski definition) is 4. The summed E-state index contributed by atoms with van der Waals surface area (Å²) in [6.07, 6.45) is 5.27. The number of rotatable bonds is 8. The van der Waals surface area contributed by atoms with Crippen molar-refractivity contribution >= 4 is 17.7 Å². The van der Waals surface area contributed by atoms with E-state index in [0.29, 0.717) is 6.42 Å². The van der Waals surface area contributed by atoms with E-state index >= 15 is 0 Å². The van der Waals surface area contributed by atoms with Crippen LogP contribution < -0.4 is 10.6 Å². The van der Waals surface area contributed by atoms with Crippen LogP contribution in [0.1, 0.15) is 47.5 Å². The molecule has 3 amide bonds. The molecule has 0 aromatic rings. The summed E-state index contributed by atoms with van der Waals surface area (Å²) in [6, 6.07) is -1.23. The Morgan fingerprint density at radius 3 is 2.31 bits per heavy atom. The van der Waals surface area contributed by atoms with Crippen LogP contribution in [0.3, 0.4) is 0 Å². The average Bonchev–Trinajstić information content (AvgIpc) is 2.96. The normalized spacial score (nSPS) is 29.9. The predicted molar refractivity (Wildman–Crippen MR) is 112 cm³/mol. The third-order valence-electron chi connectivity index (χ3n) is 6.12. The van der Waals surface area contributed by atoms with Crippen molar-refractivity contribution in [1.82, 2.24) is 15.5 Å². The number of nitrogens with one attached hydrogen (secondary N) is 2. The summed E-state index contributed by atoms with van der Waals surface area (Å²) < 4.78 is 0. The zero-order valence-corrected chi connectivity index (χ0v) is 18.5. The summed E-state index contributed by atoms with van der Waals surface area (Å²) in [5.74, 6) is -1.87. The SMILES string of the molecule is CC[C@@H]1C=C[C@H]2[C@H](C(=O)N([C@@H](CO)CC(C)C)[C@@H]2C(=O)NC(C)C)[C@@H]1C(=O)NC. The van der Waals surface area contributed by atoms with Crippen LogP contribution in [0, 0.1) is 29.6 Å². The highest BCUT2D eigenvalue weighted by molar-refractivity contribution is 5.97. The Bertz CT molecular complexity index is 646. The number of aliphatic hydroxyl groups excluding tert-OH is 1. The molecule has 0 aromatic carbocycles. The molecule has 7 nitrogen and oxygen atoms in total. The molecule has 7 heteroatoms. The van der Waals surface area contributed by atoms with Gasteiger partial charge in [-0.15, -0.1) is 0 Å². The number of hydrogen-bond donors (Lipinski definition) is 3. The largest absolute Gasteiger partial charge is 0.394 e. The third-order valence-corrected chi connectivity index (χ3v) is 6.12. The van der Waals surface area contributed by atoms with Crippen molar-refractivity contribution in [3.8, 4) is 0 Å².